The molecule has 2 aromatic rings. The van der Waals surface area contributed by atoms with Crippen LogP contribution >= 0.6 is 0 Å². The molecule has 0 radical (unpaired) electrons. The summed E-state index contributed by atoms with van der Waals surface area (Å²) < 4.78 is 13.5. The Morgan fingerprint density at radius 1 is 1.27 bits per heavy atom. The van der Waals surface area contributed by atoms with E-state index < -0.39 is 5.69 Å². The van der Waals surface area contributed by atoms with Crippen LogP contribution in [0.15, 0.2) is 35.3 Å². The second-order valence-electron chi connectivity index (χ2n) is 5.58. The SMILES string of the molecule is O=C(c1c[nH]c(=O)[nH]1)N1CCCCC[C@@H]1c1cccc(F)c1. The highest BCUT2D eigenvalue weighted by molar-refractivity contribution is 5.92. The van der Waals surface area contributed by atoms with E-state index in [1.807, 2.05) is 6.07 Å². The molecule has 0 spiro atoms. The van der Waals surface area contributed by atoms with Crippen molar-refractivity contribution in [3.8, 4) is 0 Å². The van der Waals surface area contributed by atoms with E-state index in [4.69, 9.17) is 0 Å². The van der Waals surface area contributed by atoms with Crippen LogP contribution in [0.4, 0.5) is 4.39 Å². The first-order chi connectivity index (χ1) is 10.6. The van der Waals surface area contributed by atoms with E-state index in [0.29, 0.717) is 6.54 Å². The minimum Gasteiger partial charge on any atom is -0.330 e. The number of amides is 1. The third-order valence-electron chi connectivity index (χ3n) is 4.07. The number of halogens is 1. The van der Waals surface area contributed by atoms with Crippen LogP contribution < -0.4 is 5.69 Å². The number of H-pyrrole nitrogens is 2. The number of nitrogens with one attached hydrogen (secondary N) is 2. The number of carbonyl (C=O) groups excluding carboxylic acids is 1. The first-order valence-corrected chi connectivity index (χ1v) is 7.49. The highest BCUT2D eigenvalue weighted by atomic mass is 19.1. The van der Waals surface area contributed by atoms with Gasteiger partial charge in [0.1, 0.15) is 11.5 Å². The van der Waals surface area contributed by atoms with Gasteiger partial charge < -0.3 is 14.9 Å². The van der Waals surface area contributed by atoms with Crippen molar-refractivity contribution in [2.45, 2.75) is 31.7 Å². The summed E-state index contributed by atoms with van der Waals surface area (Å²) >= 11 is 0. The van der Waals surface area contributed by atoms with Gasteiger partial charge in [-0.1, -0.05) is 25.0 Å². The number of aromatic amines is 2. The van der Waals surface area contributed by atoms with E-state index in [1.54, 1.807) is 11.0 Å². The maximum absolute atomic E-state index is 13.5. The van der Waals surface area contributed by atoms with Crippen molar-refractivity contribution in [1.29, 1.82) is 0 Å². The number of rotatable bonds is 2. The van der Waals surface area contributed by atoms with Gasteiger partial charge in [0.25, 0.3) is 5.91 Å². The Balaban J connectivity index is 1.94. The number of likely N-dealkylation sites (tertiary alicyclic amines) is 1. The van der Waals surface area contributed by atoms with Crippen LogP contribution in [0.2, 0.25) is 0 Å². The summed E-state index contributed by atoms with van der Waals surface area (Å²) in [6.07, 6.45) is 5.13. The Morgan fingerprint density at radius 3 is 2.86 bits per heavy atom. The lowest BCUT2D eigenvalue weighted by Gasteiger charge is -2.30. The van der Waals surface area contributed by atoms with Gasteiger partial charge in [-0.3, -0.25) is 4.79 Å². The maximum Gasteiger partial charge on any atom is 0.323 e. The largest absolute Gasteiger partial charge is 0.330 e. The van der Waals surface area contributed by atoms with Crippen LogP contribution in [0.3, 0.4) is 0 Å². The van der Waals surface area contributed by atoms with E-state index in [9.17, 15) is 14.0 Å². The predicted molar refractivity (Wildman–Crippen MR) is 80.1 cm³/mol. The summed E-state index contributed by atoms with van der Waals surface area (Å²) in [5.74, 6) is -0.529. The van der Waals surface area contributed by atoms with Gasteiger partial charge in [0.2, 0.25) is 0 Å². The van der Waals surface area contributed by atoms with E-state index in [-0.39, 0.29) is 23.5 Å². The van der Waals surface area contributed by atoms with Gasteiger partial charge in [-0.2, -0.15) is 0 Å². The second kappa shape index (κ2) is 6.17. The molecule has 0 bridgehead atoms. The number of carbonyl (C=O) groups is 1. The summed E-state index contributed by atoms with van der Waals surface area (Å²) in [6, 6.07) is 6.23. The van der Waals surface area contributed by atoms with Crippen LogP contribution in [0.25, 0.3) is 0 Å². The standard InChI is InChI=1S/C16H18FN3O2/c17-12-6-4-5-11(9-12)14-7-2-1-3-8-20(14)15(21)13-10-18-16(22)19-13/h4-6,9-10,14H,1-3,7-8H2,(H2,18,19,22)/t14-/m1/s1. The lowest BCUT2D eigenvalue weighted by atomic mass is 10.0. The van der Waals surface area contributed by atoms with Crippen molar-refractivity contribution in [3.05, 3.63) is 58.0 Å². The Hall–Kier alpha value is -2.37. The zero-order valence-corrected chi connectivity index (χ0v) is 12.1. The molecule has 5 nitrogen and oxygen atoms in total. The molecule has 3 rings (SSSR count). The van der Waals surface area contributed by atoms with Crippen molar-refractivity contribution in [1.82, 2.24) is 14.9 Å². The Bertz CT molecular complexity index is 722. The molecule has 1 saturated heterocycles. The molecule has 116 valence electrons. The van der Waals surface area contributed by atoms with Crippen molar-refractivity contribution in [2.24, 2.45) is 0 Å². The quantitative estimate of drug-likeness (QED) is 0.895. The molecular formula is C16H18FN3O2. The minimum absolute atomic E-state index is 0.163. The van der Waals surface area contributed by atoms with Crippen LogP contribution in [-0.4, -0.2) is 27.3 Å². The molecule has 1 fully saturated rings. The van der Waals surface area contributed by atoms with Crippen LogP contribution in [0.1, 0.15) is 47.8 Å². The molecule has 0 unspecified atom stereocenters. The number of hydrogen-bond acceptors (Lipinski definition) is 2. The van der Waals surface area contributed by atoms with Crippen LogP contribution in [0, 0.1) is 5.82 Å². The number of benzene rings is 1. The molecule has 0 aliphatic carbocycles. The van der Waals surface area contributed by atoms with E-state index >= 15 is 0 Å². The average molecular weight is 303 g/mol. The highest BCUT2D eigenvalue weighted by Gasteiger charge is 2.28. The van der Waals surface area contributed by atoms with E-state index in [2.05, 4.69) is 9.97 Å². The first kappa shape index (κ1) is 14.6. The molecule has 1 amide bonds. The molecule has 1 aromatic carbocycles. The Kier molecular flexibility index (Phi) is 4.09. The third kappa shape index (κ3) is 2.95. The summed E-state index contributed by atoms with van der Waals surface area (Å²) in [7, 11) is 0. The average Bonchev–Trinajstić information content (AvgIpc) is 2.80. The topological polar surface area (TPSA) is 69.0 Å². The maximum atomic E-state index is 13.5. The van der Waals surface area contributed by atoms with Gasteiger partial charge in [0.05, 0.1) is 6.04 Å². The van der Waals surface area contributed by atoms with Gasteiger partial charge in [-0.25, -0.2) is 9.18 Å². The van der Waals surface area contributed by atoms with Crippen LogP contribution in [0.5, 0.6) is 0 Å². The summed E-state index contributed by atoms with van der Waals surface area (Å²) in [5.41, 5.74) is 0.641. The molecule has 1 aromatic heterocycles. The van der Waals surface area contributed by atoms with Gasteiger partial charge in [-0.15, -0.1) is 0 Å². The van der Waals surface area contributed by atoms with Crippen molar-refractivity contribution >= 4 is 5.91 Å². The molecule has 1 aliphatic heterocycles. The molecule has 2 heterocycles. The lowest BCUT2D eigenvalue weighted by molar-refractivity contribution is 0.0675. The Morgan fingerprint density at radius 2 is 2.14 bits per heavy atom. The van der Waals surface area contributed by atoms with Gasteiger partial charge in [0.15, 0.2) is 0 Å². The van der Waals surface area contributed by atoms with Gasteiger partial charge in [-0.05, 0) is 30.5 Å². The highest BCUT2D eigenvalue weighted by Crippen LogP contribution is 2.31. The molecular weight excluding hydrogens is 285 g/mol. The smallest absolute Gasteiger partial charge is 0.323 e. The fraction of sp³-hybridized carbons (Fsp3) is 0.375. The second-order valence-corrected chi connectivity index (χ2v) is 5.58. The summed E-state index contributed by atoms with van der Waals surface area (Å²) in [5, 5.41) is 0. The lowest BCUT2D eigenvalue weighted by Crippen LogP contribution is -2.35. The molecule has 22 heavy (non-hydrogen) atoms. The van der Waals surface area contributed by atoms with Crippen molar-refractivity contribution < 1.29 is 9.18 Å². The van der Waals surface area contributed by atoms with E-state index in [1.165, 1.54) is 18.3 Å². The first-order valence-electron chi connectivity index (χ1n) is 7.49. The zero-order valence-electron chi connectivity index (χ0n) is 12.1. The summed E-state index contributed by atoms with van der Waals surface area (Å²) in [6.45, 7) is 0.604. The fourth-order valence-electron chi connectivity index (χ4n) is 3.01. The summed E-state index contributed by atoms with van der Waals surface area (Å²) in [4.78, 5) is 30.6. The molecule has 6 heteroatoms. The number of hydrogen-bond donors (Lipinski definition) is 2. The molecule has 0 saturated carbocycles. The molecule has 2 N–H and O–H groups in total. The minimum atomic E-state index is -0.402. The molecule has 1 atom stereocenters. The number of aromatic nitrogens is 2. The normalized spacial score (nSPS) is 19.0. The van der Waals surface area contributed by atoms with Crippen LogP contribution in [-0.2, 0) is 0 Å². The Labute approximate surface area is 127 Å². The van der Waals surface area contributed by atoms with Gasteiger partial charge in [0, 0.05) is 12.7 Å². The molecule has 1 aliphatic rings. The third-order valence-corrected chi connectivity index (χ3v) is 4.07. The fourth-order valence-corrected chi connectivity index (χ4v) is 3.01. The monoisotopic (exact) mass is 303 g/mol. The van der Waals surface area contributed by atoms with Gasteiger partial charge >= 0.3 is 5.69 Å². The van der Waals surface area contributed by atoms with Crippen molar-refractivity contribution in [2.75, 3.05) is 6.54 Å². The van der Waals surface area contributed by atoms with E-state index in [0.717, 1.165) is 31.2 Å². The predicted octanol–water partition coefficient (Wildman–Crippen LogP) is 2.60. The van der Waals surface area contributed by atoms with Crippen molar-refractivity contribution in [3.63, 3.8) is 0 Å². The zero-order chi connectivity index (χ0) is 15.5. The number of imidazole rings is 1. The number of nitrogens with zero attached hydrogens (tertiary/aromatic N) is 1.